The fraction of sp³-hybridized carbons (Fsp3) is 0.444. The van der Waals surface area contributed by atoms with Gasteiger partial charge in [0.25, 0.3) is 0 Å². The lowest BCUT2D eigenvalue weighted by Crippen LogP contribution is -2.49. The first-order chi connectivity index (χ1) is 11.7. The van der Waals surface area contributed by atoms with Crippen molar-refractivity contribution in [1.82, 2.24) is 19.8 Å². The molecule has 1 aliphatic heterocycles. The zero-order valence-electron chi connectivity index (χ0n) is 14.0. The molecule has 0 bridgehead atoms. The lowest BCUT2D eigenvalue weighted by molar-refractivity contribution is -0.138. The summed E-state index contributed by atoms with van der Waals surface area (Å²) in [4.78, 5) is 18.8. The molecule has 6 heteroatoms. The van der Waals surface area contributed by atoms with Gasteiger partial charge < -0.3 is 14.6 Å². The lowest BCUT2D eigenvalue weighted by atomic mass is 10.2. The van der Waals surface area contributed by atoms with Gasteiger partial charge in [-0.05, 0) is 5.56 Å². The molecule has 1 fully saturated rings. The van der Waals surface area contributed by atoms with Gasteiger partial charge in [-0.25, -0.2) is 4.98 Å². The number of aryl methyl sites for hydroxylation is 1. The van der Waals surface area contributed by atoms with Crippen molar-refractivity contribution in [2.24, 2.45) is 7.05 Å². The second kappa shape index (κ2) is 8.08. The minimum Gasteiger partial charge on any atom is -0.366 e. The Balaban J connectivity index is 1.45. The normalized spacial score (nSPS) is 18.5. The number of rotatable bonds is 6. The van der Waals surface area contributed by atoms with Crippen LogP contribution in [0.2, 0.25) is 0 Å². The van der Waals surface area contributed by atoms with Crippen LogP contribution < -0.4 is 5.32 Å². The number of imidazole rings is 1. The summed E-state index contributed by atoms with van der Waals surface area (Å²) in [5.74, 6) is 0.924. The van der Waals surface area contributed by atoms with E-state index in [9.17, 15) is 4.79 Å². The molecule has 0 spiro atoms. The molecule has 1 unspecified atom stereocenters. The van der Waals surface area contributed by atoms with Gasteiger partial charge in [-0.2, -0.15) is 0 Å². The number of aromatic nitrogens is 2. The average molecular weight is 328 g/mol. The van der Waals surface area contributed by atoms with E-state index in [-0.39, 0.29) is 5.91 Å². The Hall–Kier alpha value is -2.18. The maximum absolute atomic E-state index is 12.3. The average Bonchev–Trinajstić information content (AvgIpc) is 3.01. The van der Waals surface area contributed by atoms with Gasteiger partial charge in [0, 0.05) is 52.0 Å². The third-order valence-electron chi connectivity index (χ3n) is 4.26. The van der Waals surface area contributed by atoms with Crippen molar-refractivity contribution in [2.45, 2.75) is 19.1 Å². The number of amides is 1. The molecule has 2 heterocycles. The molecule has 1 aromatic carbocycles. The topological polar surface area (TPSA) is 59.4 Å². The fourth-order valence-electron chi connectivity index (χ4n) is 2.90. The van der Waals surface area contributed by atoms with E-state index in [2.05, 4.69) is 27.3 Å². The van der Waals surface area contributed by atoms with Crippen molar-refractivity contribution in [3.8, 4) is 0 Å². The molecular formula is C18H24N4O2. The molecular weight excluding hydrogens is 304 g/mol. The number of hydrogen-bond acceptors (Lipinski definition) is 4. The van der Waals surface area contributed by atoms with Gasteiger partial charge in [0.1, 0.15) is 11.9 Å². The van der Waals surface area contributed by atoms with E-state index in [1.165, 1.54) is 5.56 Å². The third-order valence-corrected chi connectivity index (χ3v) is 4.26. The Labute approximate surface area is 142 Å². The van der Waals surface area contributed by atoms with Gasteiger partial charge in [-0.15, -0.1) is 0 Å². The van der Waals surface area contributed by atoms with Crippen molar-refractivity contribution < 1.29 is 9.53 Å². The van der Waals surface area contributed by atoms with E-state index in [1.807, 2.05) is 36.0 Å². The molecule has 1 atom stereocenters. The second-order valence-electron chi connectivity index (χ2n) is 6.08. The summed E-state index contributed by atoms with van der Waals surface area (Å²) in [6.07, 6.45) is 3.99. The van der Waals surface area contributed by atoms with Gasteiger partial charge in [0.15, 0.2) is 0 Å². The molecule has 1 aromatic heterocycles. The first kappa shape index (κ1) is 16.7. The number of ether oxygens (including phenoxy) is 1. The zero-order chi connectivity index (χ0) is 16.8. The van der Waals surface area contributed by atoms with Gasteiger partial charge in [-0.3, -0.25) is 9.69 Å². The standard InChI is InChI=1S/C18H24N4O2/c1-21-10-9-19-17(21)7-8-20-18(23)16-14-22(11-12-24-16)13-15-5-3-2-4-6-15/h2-6,9-10,16H,7-8,11-14H2,1H3,(H,20,23). The predicted molar refractivity (Wildman–Crippen MR) is 91.4 cm³/mol. The summed E-state index contributed by atoms with van der Waals surface area (Å²) in [6.45, 7) is 3.49. The van der Waals surface area contributed by atoms with E-state index >= 15 is 0 Å². The van der Waals surface area contributed by atoms with Crippen LogP contribution in [0.3, 0.4) is 0 Å². The van der Waals surface area contributed by atoms with Gasteiger partial charge >= 0.3 is 0 Å². The van der Waals surface area contributed by atoms with E-state index in [0.29, 0.717) is 19.7 Å². The minimum absolute atomic E-state index is 0.0398. The minimum atomic E-state index is -0.399. The van der Waals surface area contributed by atoms with Crippen LogP contribution in [-0.2, 0) is 29.5 Å². The molecule has 1 N–H and O–H groups in total. The number of hydrogen-bond donors (Lipinski definition) is 1. The highest BCUT2D eigenvalue weighted by atomic mass is 16.5. The predicted octanol–water partition coefficient (Wildman–Crippen LogP) is 0.980. The molecule has 24 heavy (non-hydrogen) atoms. The summed E-state index contributed by atoms with van der Waals surface area (Å²) in [5, 5.41) is 2.96. The number of carbonyl (C=O) groups is 1. The second-order valence-corrected chi connectivity index (χ2v) is 6.08. The Morgan fingerprint density at radius 3 is 2.96 bits per heavy atom. The molecule has 2 aromatic rings. The highest BCUT2D eigenvalue weighted by Crippen LogP contribution is 2.10. The smallest absolute Gasteiger partial charge is 0.250 e. The molecule has 1 saturated heterocycles. The molecule has 6 nitrogen and oxygen atoms in total. The summed E-state index contributed by atoms with van der Waals surface area (Å²) in [5.41, 5.74) is 1.26. The molecule has 128 valence electrons. The fourth-order valence-corrected chi connectivity index (χ4v) is 2.90. The van der Waals surface area contributed by atoms with Crippen LogP contribution in [-0.4, -0.2) is 52.7 Å². The number of nitrogens with one attached hydrogen (secondary N) is 1. The maximum Gasteiger partial charge on any atom is 0.250 e. The van der Waals surface area contributed by atoms with Crippen molar-refractivity contribution in [2.75, 3.05) is 26.2 Å². The summed E-state index contributed by atoms with van der Waals surface area (Å²) >= 11 is 0. The maximum atomic E-state index is 12.3. The number of morpholine rings is 1. The van der Waals surface area contributed by atoms with Gasteiger partial charge in [0.2, 0.25) is 5.91 Å². The van der Waals surface area contributed by atoms with E-state index in [1.54, 1.807) is 6.20 Å². The Kier molecular flexibility index (Phi) is 5.61. The highest BCUT2D eigenvalue weighted by molar-refractivity contribution is 5.81. The first-order valence-electron chi connectivity index (χ1n) is 8.34. The van der Waals surface area contributed by atoms with Crippen LogP contribution in [0.5, 0.6) is 0 Å². The summed E-state index contributed by atoms with van der Waals surface area (Å²) < 4.78 is 7.61. The van der Waals surface area contributed by atoms with E-state index in [0.717, 1.165) is 25.3 Å². The largest absolute Gasteiger partial charge is 0.366 e. The first-order valence-corrected chi connectivity index (χ1v) is 8.34. The highest BCUT2D eigenvalue weighted by Gasteiger charge is 2.26. The quantitative estimate of drug-likeness (QED) is 0.859. The van der Waals surface area contributed by atoms with Crippen molar-refractivity contribution >= 4 is 5.91 Å². The van der Waals surface area contributed by atoms with E-state index in [4.69, 9.17) is 4.74 Å². The van der Waals surface area contributed by atoms with Crippen LogP contribution in [0, 0.1) is 0 Å². The van der Waals surface area contributed by atoms with Crippen LogP contribution in [0.15, 0.2) is 42.7 Å². The van der Waals surface area contributed by atoms with Gasteiger partial charge in [0.05, 0.1) is 6.61 Å². The molecule has 0 saturated carbocycles. The monoisotopic (exact) mass is 328 g/mol. The van der Waals surface area contributed by atoms with Crippen LogP contribution in [0.25, 0.3) is 0 Å². The molecule has 0 radical (unpaired) electrons. The number of nitrogens with zero attached hydrogens (tertiary/aromatic N) is 3. The summed E-state index contributed by atoms with van der Waals surface area (Å²) in [7, 11) is 1.95. The Morgan fingerprint density at radius 1 is 1.38 bits per heavy atom. The van der Waals surface area contributed by atoms with Crippen LogP contribution in [0.4, 0.5) is 0 Å². The van der Waals surface area contributed by atoms with Crippen molar-refractivity contribution in [1.29, 1.82) is 0 Å². The number of carbonyl (C=O) groups excluding carboxylic acids is 1. The molecule has 0 aliphatic carbocycles. The van der Waals surface area contributed by atoms with Crippen molar-refractivity contribution in [3.63, 3.8) is 0 Å². The van der Waals surface area contributed by atoms with Crippen molar-refractivity contribution in [3.05, 3.63) is 54.1 Å². The molecule has 1 amide bonds. The van der Waals surface area contributed by atoms with Crippen LogP contribution in [0.1, 0.15) is 11.4 Å². The van der Waals surface area contributed by atoms with Crippen LogP contribution >= 0.6 is 0 Å². The zero-order valence-corrected chi connectivity index (χ0v) is 14.0. The van der Waals surface area contributed by atoms with E-state index < -0.39 is 6.10 Å². The summed E-state index contributed by atoms with van der Waals surface area (Å²) in [6, 6.07) is 10.3. The molecule has 1 aliphatic rings. The SMILES string of the molecule is Cn1ccnc1CCNC(=O)C1CN(Cc2ccccc2)CCO1. The Morgan fingerprint density at radius 2 is 2.21 bits per heavy atom. The third kappa shape index (κ3) is 4.43. The number of benzene rings is 1. The Bertz CT molecular complexity index is 656. The lowest BCUT2D eigenvalue weighted by Gasteiger charge is -2.32. The van der Waals surface area contributed by atoms with Gasteiger partial charge in [-0.1, -0.05) is 30.3 Å². The molecule has 3 rings (SSSR count).